The molecule has 0 saturated heterocycles. The molecule has 0 spiro atoms. The van der Waals surface area contributed by atoms with Crippen molar-refractivity contribution in [2.24, 2.45) is 5.73 Å². The highest BCUT2D eigenvalue weighted by atomic mass is 16.1. The second-order valence-corrected chi connectivity index (χ2v) is 6.69. The van der Waals surface area contributed by atoms with Crippen molar-refractivity contribution in [1.29, 1.82) is 0 Å². The molecule has 2 rings (SSSR count). The zero-order valence-electron chi connectivity index (χ0n) is 12.8. The van der Waals surface area contributed by atoms with E-state index in [0.717, 1.165) is 0 Å². The maximum absolute atomic E-state index is 11.9. The lowest BCUT2D eigenvalue weighted by molar-refractivity contribution is -0.122. The third kappa shape index (κ3) is 4.07. The quantitative estimate of drug-likeness (QED) is 0.887. The molecule has 1 aliphatic carbocycles. The lowest BCUT2D eigenvalue weighted by atomic mass is 9.89. The van der Waals surface area contributed by atoms with E-state index < -0.39 is 5.54 Å². The lowest BCUT2D eigenvalue weighted by Crippen LogP contribution is -2.39. The van der Waals surface area contributed by atoms with Crippen molar-refractivity contribution >= 4 is 5.91 Å². The number of hydrogen-bond donors (Lipinski definition) is 2. The summed E-state index contributed by atoms with van der Waals surface area (Å²) in [6, 6.07) is 6.66. The summed E-state index contributed by atoms with van der Waals surface area (Å²) < 4.78 is 0. The summed E-state index contributed by atoms with van der Waals surface area (Å²) in [7, 11) is 0. The Kier molecular flexibility index (Phi) is 4.48. The van der Waals surface area contributed by atoms with Crippen LogP contribution in [0.2, 0.25) is 0 Å². The number of carbonyl (C=O) groups is 1. The highest BCUT2D eigenvalue weighted by molar-refractivity contribution is 5.77. The van der Waals surface area contributed by atoms with Crippen molar-refractivity contribution in [2.45, 2.75) is 64.5 Å². The maximum Gasteiger partial charge on any atom is 0.222 e. The number of aryl methyl sites for hydroxylation is 2. The lowest BCUT2D eigenvalue weighted by Gasteiger charge is -2.22. The van der Waals surface area contributed by atoms with Gasteiger partial charge in [0, 0.05) is 12.0 Å². The Hall–Kier alpha value is -1.35. The molecule has 1 aromatic rings. The maximum atomic E-state index is 11.9. The third-order valence-corrected chi connectivity index (χ3v) is 3.87. The first kappa shape index (κ1) is 15.0. The fraction of sp³-hybridized carbons (Fsp3) is 0.588. The predicted molar refractivity (Wildman–Crippen MR) is 82.5 cm³/mol. The van der Waals surface area contributed by atoms with E-state index in [-0.39, 0.29) is 11.9 Å². The van der Waals surface area contributed by atoms with Gasteiger partial charge in [0.2, 0.25) is 5.91 Å². The van der Waals surface area contributed by atoms with Crippen molar-refractivity contribution in [3.05, 3.63) is 34.9 Å². The van der Waals surface area contributed by atoms with Crippen molar-refractivity contribution in [1.82, 2.24) is 5.32 Å². The van der Waals surface area contributed by atoms with E-state index in [1.165, 1.54) is 42.4 Å². The molecule has 0 heterocycles. The number of amides is 1. The highest BCUT2D eigenvalue weighted by Gasteiger charge is 2.19. The van der Waals surface area contributed by atoms with Crippen molar-refractivity contribution in [2.75, 3.05) is 0 Å². The molecule has 3 nitrogen and oxygen atoms in total. The van der Waals surface area contributed by atoms with E-state index in [0.29, 0.717) is 6.42 Å². The minimum atomic E-state index is -0.459. The third-order valence-electron chi connectivity index (χ3n) is 3.87. The number of benzene rings is 1. The van der Waals surface area contributed by atoms with Crippen LogP contribution in [0.4, 0.5) is 0 Å². The molecular weight excluding hydrogens is 248 g/mol. The van der Waals surface area contributed by atoms with Gasteiger partial charge in [0.05, 0.1) is 6.04 Å². The van der Waals surface area contributed by atoms with Gasteiger partial charge in [-0.1, -0.05) is 18.2 Å². The molecule has 0 aromatic heterocycles. The van der Waals surface area contributed by atoms with Gasteiger partial charge in [0.1, 0.15) is 0 Å². The van der Waals surface area contributed by atoms with Gasteiger partial charge in [0.25, 0.3) is 0 Å². The smallest absolute Gasteiger partial charge is 0.222 e. The molecular formula is C17H26N2O. The summed E-state index contributed by atoms with van der Waals surface area (Å²) in [4.78, 5) is 11.9. The second-order valence-electron chi connectivity index (χ2n) is 6.69. The fourth-order valence-electron chi connectivity index (χ4n) is 2.81. The zero-order chi connectivity index (χ0) is 14.8. The Balaban J connectivity index is 2.02. The molecule has 3 heteroatoms. The van der Waals surface area contributed by atoms with Crippen LogP contribution < -0.4 is 11.1 Å². The number of nitrogens with two attached hydrogens (primary N) is 1. The highest BCUT2D eigenvalue weighted by Crippen LogP contribution is 2.24. The van der Waals surface area contributed by atoms with E-state index in [9.17, 15) is 4.79 Å². The van der Waals surface area contributed by atoms with Gasteiger partial charge in [-0.3, -0.25) is 4.79 Å². The van der Waals surface area contributed by atoms with Crippen molar-refractivity contribution < 1.29 is 4.79 Å². The van der Waals surface area contributed by atoms with Crippen LogP contribution in [0.1, 0.15) is 62.8 Å². The van der Waals surface area contributed by atoms with Gasteiger partial charge in [-0.25, -0.2) is 0 Å². The first-order chi connectivity index (χ1) is 9.35. The minimum absolute atomic E-state index is 0.0164. The van der Waals surface area contributed by atoms with Gasteiger partial charge in [0.15, 0.2) is 0 Å². The van der Waals surface area contributed by atoms with Crippen molar-refractivity contribution in [3.8, 4) is 0 Å². The van der Waals surface area contributed by atoms with Crippen LogP contribution in [-0.2, 0) is 17.6 Å². The monoisotopic (exact) mass is 274 g/mol. The summed E-state index contributed by atoms with van der Waals surface area (Å²) in [5.41, 5.74) is 9.54. The molecule has 1 unspecified atom stereocenters. The Morgan fingerprint density at radius 2 is 1.95 bits per heavy atom. The van der Waals surface area contributed by atoms with E-state index in [1.54, 1.807) is 0 Å². The number of rotatable bonds is 4. The first-order valence-electron chi connectivity index (χ1n) is 7.55. The van der Waals surface area contributed by atoms with Crippen LogP contribution in [0.3, 0.4) is 0 Å². The van der Waals surface area contributed by atoms with Crippen LogP contribution in [0, 0.1) is 0 Å². The number of carbonyl (C=O) groups excluding carboxylic acids is 1. The molecule has 1 aromatic carbocycles. The number of hydrogen-bond acceptors (Lipinski definition) is 2. The molecule has 0 aliphatic heterocycles. The molecule has 20 heavy (non-hydrogen) atoms. The van der Waals surface area contributed by atoms with E-state index in [2.05, 4.69) is 23.5 Å². The molecule has 1 amide bonds. The summed E-state index contributed by atoms with van der Waals surface area (Å²) in [5.74, 6) is 0.0164. The van der Waals surface area contributed by atoms with E-state index >= 15 is 0 Å². The molecule has 1 atom stereocenters. The standard InChI is InChI=1S/C17H26N2O/c1-12(19-16(20)11-17(2,3)18)14-9-8-13-6-4-5-7-15(13)10-14/h8-10,12H,4-7,11,18H2,1-3H3,(H,19,20). The zero-order valence-corrected chi connectivity index (χ0v) is 12.8. The van der Waals surface area contributed by atoms with Crippen LogP contribution >= 0.6 is 0 Å². The Morgan fingerprint density at radius 3 is 2.60 bits per heavy atom. The predicted octanol–water partition coefficient (Wildman–Crippen LogP) is 2.87. The van der Waals surface area contributed by atoms with Crippen LogP contribution in [0.25, 0.3) is 0 Å². The minimum Gasteiger partial charge on any atom is -0.350 e. The molecule has 110 valence electrons. The molecule has 0 fully saturated rings. The van der Waals surface area contributed by atoms with E-state index in [1.807, 2.05) is 20.8 Å². The van der Waals surface area contributed by atoms with Gasteiger partial charge in [-0.2, -0.15) is 0 Å². The fourth-order valence-corrected chi connectivity index (χ4v) is 2.81. The van der Waals surface area contributed by atoms with E-state index in [4.69, 9.17) is 5.73 Å². The number of fused-ring (bicyclic) bond motifs is 1. The first-order valence-corrected chi connectivity index (χ1v) is 7.55. The van der Waals surface area contributed by atoms with Crippen LogP contribution in [-0.4, -0.2) is 11.4 Å². The molecule has 0 radical (unpaired) electrons. The summed E-state index contributed by atoms with van der Waals surface area (Å²) in [6.07, 6.45) is 5.28. The topological polar surface area (TPSA) is 55.1 Å². The van der Waals surface area contributed by atoms with Gasteiger partial charge in [-0.15, -0.1) is 0 Å². The normalized spacial score (nSPS) is 16.4. The molecule has 1 aliphatic rings. The summed E-state index contributed by atoms with van der Waals surface area (Å²) in [6.45, 7) is 5.78. The average molecular weight is 274 g/mol. The van der Waals surface area contributed by atoms with Gasteiger partial charge in [-0.05, 0) is 63.1 Å². The van der Waals surface area contributed by atoms with Gasteiger partial charge < -0.3 is 11.1 Å². The largest absolute Gasteiger partial charge is 0.350 e. The molecule has 0 saturated carbocycles. The average Bonchev–Trinajstić information content (AvgIpc) is 2.35. The number of nitrogens with one attached hydrogen (secondary N) is 1. The van der Waals surface area contributed by atoms with Crippen LogP contribution in [0.5, 0.6) is 0 Å². The Labute approximate surface area is 121 Å². The Bertz CT molecular complexity index is 488. The van der Waals surface area contributed by atoms with Gasteiger partial charge >= 0.3 is 0 Å². The van der Waals surface area contributed by atoms with Crippen LogP contribution in [0.15, 0.2) is 18.2 Å². The Morgan fingerprint density at radius 1 is 1.30 bits per heavy atom. The van der Waals surface area contributed by atoms with Crippen molar-refractivity contribution in [3.63, 3.8) is 0 Å². The molecule has 0 bridgehead atoms. The molecule has 3 N–H and O–H groups in total. The summed E-state index contributed by atoms with van der Waals surface area (Å²) in [5, 5.41) is 3.04. The second kappa shape index (κ2) is 5.96. The SMILES string of the molecule is CC(NC(=O)CC(C)(C)N)c1ccc2c(c1)CCCC2. The summed E-state index contributed by atoms with van der Waals surface area (Å²) >= 11 is 0.